The van der Waals surface area contributed by atoms with Gasteiger partial charge in [-0.15, -0.1) is 0 Å². The van der Waals surface area contributed by atoms with Crippen LogP contribution in [0.5, 0.6) is 0 Å². The van der Waals surface area contributed by atoms with E-state index in [0.29, 0.717) is 11.4 Å². The number of amides is 1. The Balaban J connectivity index is 2.10. The molecule has 1 unspecified atom stereocenters. The average molecular weight is 442 g/mol. The van der Waals surface area contributed by atoms with Crippen molar-refractivity contribution in [3.05, 3.63) is 50.6 Å². The molecule has 0 radical (unpaired) electrons. The van der Waals surface area contributed by atoms with E-state index in [9.17, 15) is 34.5 Å². The van der Waals surface area contributed by atoms with Crippen molar-refractivity contribution in [3.63, 3.8) is 0 Å². The van der Waals surface area contributed by atoms with Gasteiger partial charge in [0, 0.05) is 30.5 Å². The Morgan fingerprint density at radius 1 is 1.21 bits per heavy atom. The molecule has 156 valence electrons. The highest BCUT2D eigenvalue weighted by Gasteiger charge is 2.20. The molecular formula is C16H19N4O7PS. The van der Waals surface area contributed by atoms with Gasteiger partial charge in [-0.1, -0.05) is 18.3 Å². The van der Waals surface area contributed by atoms with E-state index in [0.717, 1.165) is 23.9 Å². The zero-order valence-electron chi connectivity index (χ0n) is 15.4. The molecule has 3 N–H and O–H groups in total. The van der Waals surface area contributed by atoms with Crippen LogP contribution in [0.1, 0.15) is 19.8 Å². The van der Waals surface area contributed by atoms with Crippen LogP contribution < -0.4 is 10.4 Å². The van der Waals surface area contributed by atoms with E-state index in [-0.39, 0.29) is 23.7 Å². The van der Waals surface area contributed by atoms with Crippen molar-refractivity contribution in [1.82, 2.24) is 5.09 Å². The van der Waals surface area contributed by atoms with Crippen LogP contribution in [0, 0.1) is 20.2 Å². The lowest BCUT2D eigenvalue weighted by atomic mass is 10.1. The third kappa shape index (κ3) is 6.50. The monoisotopic (exact) mass is 442 g/mol. The molecule has 0 heterocycles. The number of fused-ring (bicyclic) bond motifs is 1. The van der Waals surface area contributed by atoms with Crippen molar-refractivity contribution in [1.29, 1.82) is 0 Å². The second kappa shape index (κ2) is 9.79. The molecule has 11 nitrogen and oxygen atoms in total. The molecule has 2 aromatic carbocycles. The zero-order chi connectivity index (χ0) is 21.6. The summed E-state index contributed by atoms with van der Waals surface area (Å²) >= 11 is 0.901. The van der Waals surface area contributed by atoms with Crippen LogP contribution in [0.15, 0.2) is 30.3 Å². The Labute approximate surface area is 169 Å². The number of nitrogens with zero attached hydrogens (tertiary/aromatic N) is 2. The number of nitro groups is 2. The van der Waals surface area contributed by atoms with Gasteiger partial charge in [-0.05, 0) is 30.0 Å². The summed E-state index contributed by atoms with van der Waals surface area (Å²) in [7, 11) is 0. The molecule has 1 amide bonds. The number of carbonyl (C=O) groups is 1. The van der Waals surface area contributed by atoms with Crippen molar-refractivity contribution in [3.8, 4) is 0 Å². The molecule has 0 bridgehead atoms. The van der Waals surface area contributed by atoms with Gasteiger partial charge >= 0.3 is 6.72 Å². The zero-order valence-corrected chi connectivity index (χ0v) is 17.1. The summed E-state index contributed by atoms with van der Waals surface area (Å²) in [6, 6.07) is 6.31. The number of rotatable bonds is 10. The summed E-state index contributed by atoms with van der Waals surface area (Å²) < 4.78 is 11.8. The summed E-state index contributed by atoms with van der Waals surface area (Å²) in [4.78, 5) is 42.5. The van der Waals surface area contributed by atoms with Gasteiger partial charge in [-0.25, -0.2) is 5.09 Å². The van der Waals surface area contributed by atoms with Crippen LogP contribution in [0.3, 0.4) is 0 Å². The first-order valence-electron chi connectivity index (χ1n) is 8.52. The van der Waals surface area contributed by atoms with Crippen LogP contribution in [-0.4, -0.2) is 32.9 Å². The first-order valence-corrected chi connectivity index (χ1v) is 11.8. The molecule has 0 fully saturated rings. The maximum absolute atomic E-state index is 12.1. The number of hydrogen-bond acceptors (Lipinski definition) is 7. The van der Waals surface area contributed by atoms with Crippen molar-refractivity contribution < 1.29 is 24.1 Å². The molecule has 13 heteroatoms. The molecule has 2 rings (SSSR count). The molecule has 0 aromatic heterocycles. The lowest BCUT2D eigenvalue weighted by Gasteiger charge is -2.12. The smallest absolute Gasteiger partial charge is 0.323 e. The van der Waals surface area contributed by atoms with Gasteiger partial charge in [0.2, 0.25) is 5.91 Å². The lowest BCUT2D eigenvalue weighted by molar-refractivity contribution is -0.393. The maximum atomic E-state index is 12.1. The van der Waals surface area contributed by atoms with Crippen LogP contribution in [0.25, 0.3) is 10.8 Å². The highest BCUT2D eigenvalue weighted by Crippen LogP contribution is 2.50. The van der Waals surface area contributed by atoms with E-state index in [1.165, 1.54) is 24.3 Å². The number of benzene rings is 2. The fraction of sp³-hybridized carbons (Fsp3) is 0.312. The first-order chi connectivity index (χ1) is 13.6. The minimum absolute atomic E-state index is 0.0130. The number of anilines is 1. The average Bonchev–Trinajstić information content (AvgIpc) is 2.64. The van der Waals surface area contributed by atoms with Gasteiger partial charge in [0.25, 0.3) is 11.4 Å². The van der Waals surface area contributed by atoms with Crippen molar-refractivity contribution in [2.24, 2.45) is 0 Å². The number of hydrogen-bond donors (Lipinski definition) is 3. The molecular weight excluding hydrogens is 423 g/mol. The second-order valence-corrected chi connectivity index (χ2v) is 10.3. The van der Waals surface area contributed by atoms with Crippen LogP contribution >= 0.6 is 18.1 Å². The summed E-state index contributed by atoms with van der Waals surface area (Å²) in [6.45, 7) is -1.68. The highest BCUT2D eigenvalue weighted by atomic mass is 32.7. The van der Waals surface area contributed by atoms with E-state index in [2.05, 4.69) is 10.4 Å². The van der Waals surface area contributed by atoms with Gasteiger partial charge in [-0.3, -0.25) is 29.6 Å². The van der Waals surface area contributed by atoms with Gasteiger partial charge in [-0.2, -0.15) is 0 Å². The minimum Gasteiger partial charge on any atom is -0.326 e. The summed E-state index contributed by atoms with van der Waals surface area (Å²) in [5, 5.41) is 27.6. The van der Waals surface area contributed by atoms with E-state index < -0.39 is 33.8 Å². The van der Waals surface area contributed by atoms with Crippen molar-refractivity contribution >= 4 is 51.8 Å². The lowest BCUT2D eigenvalue weighted by Crippen LogP contribution is -2.19. The Morgan fingerprint density at radius 2 is 1.93 bits per heavy atom. The fourth-order valence-electron chi connectivity index (χ4n) is 2.46. The van der Waals surface area contributed by atoms with E-state index >= 15 is 0 Å². The molecule has 29 heavy (non-hydrogen) atoms. The Bertz CT molecular complexity index is 1000. The van der Waals surface area contributed by atoms with Crippen LogP contribution in [0.4, 0.5) is 17.1 Å². The van der Waals surface area contributed by atoms with Gasteiger partial charge in [0.1, 0.15) is 0 Å². The van der Waals surface area contributed by atoms with Gasteiger partial charge < -0.3 is 10.2 Å². The quantitative estimate of drug-likeness (QED) is 0.282. The summed E-state index contributed by atoms with van der Waals surface area (Å²) in [5.74, 6) is 0.0692. The Hall–Kier alpha value is -2.53. The molecule has 0 aliphatic heterocycles. The molecule has 2 aromatic rings. The Kier molecular flexibility index (Phi) is 7.68. The third-order valence-electron chi connectivity index (χ3n) is 3.74. The number of nitrogens with one attached hydrogen (secondary N) is 2. The summed E-state index contributed by atoms with van der Waals surface area (Å²) in [5.41, 5.74) is -0.537. The van der Waals surface area contributed by atoms with E-state index in [4.69, 9.17) is 0 Å². The molecule has 0 saturated heterocycles. The number of nitro benzene ring substituents is 2. The largest absolute Gasteiger partial charge is 0.326 e. The number of carbonyl (C=O) groups excluding carboxylic acids is 1. The second-order valence-electron chi connectivity index (χ2n) is 5.97. The number of non-ortho nitro benzene ring substituents is 2. The molecule has 0 spiro atoms. The predicted octanol–water partition coefficient (Wildman–Crippen LogP) is 3.82. The standard InChI is InChI=1S/C16H19N4O7PS/c1-2-7-29-28(26,27)17-6-5-16(21)18-12-3-4-14-11(8-12)9-13(19(22)23)10-15(14)20(24)25/h3-4,8-10H,2,5-7H2,1H3,(H,18,21)(H2,17,26,27). The van der Waals surface area contributed by atoms with Crippen molar-refractivity contribution in [2.75, 3.05) is 17.6 Å². The normalized spacial score (nSPS) is 13.0. The van der Waals surface area contributed by atoms with Gasteiger partial charge in [0.15, 0.2) is 0 Å². The maximum Gasteiger partial charge on any atom is 0.323 e. The molecule has 1 atom stereocenters. The Morgan fingerprint density at radius 3 is 2.55 bits per heavy atom. The highest BCUT2D eigenvalue weighted by molar-refractivity contribution is 8.55. The predicted molar refractivity (Wildman–Crippen MR) is 111 cm³/mol. The topological polar surface area (TPSA) is 165 Å². The molecule has 0 aliphatic rings. The van der Waals surface area contributed by atoms with E-state index in [1.54, 1.807) is 0 Å². The minimum atomic E-state index is -3.55. The van der Waals surface area contributed by atoms with Gasteiger partial charge in [0.05, 0.1) is 21.3 Å². The molecule has 0 saturated carbocycles. The fourth-order valence-corrected chi connectivity index (χ4v) is 5.22. The first kappa shape index (κ1) is 22.8. The summed E-state index contributed by atoms with van der Waals surface area (Å²) in [6.07, 6.45) is 0.667. The van der Waals surface area contributed by atoms with Crippen LogP contribution in [-0.2, 0) is 9.36 Å². The third-order valence-corrected chi connectivity index (χ3v) is 7.29. The van der Waals surface area contributed by atoms with Crippen molar-refractivity contribution in [2.45, 2.75) is 19.8 Å². The molecule has 0 aliphatic carbocycles. The van der Waals surface area contributed by atoms with E-state index in [1.807, 2.05) is 6.92 Å². The van der Waals surface area contributed by atoms with Crippen LogP contribution in [0.2, 0.25) is 0 Å². The SMILES string of the molecule is CCCSP(=O)(O)NCCC(=O)Nc1ccc2c([N+](=O)[O-])cc([N+](=O)[O-])cc2c1.